The van der Waals surface area contributed by atoms with Crippen LogP contribution in [0.2, 0.25) is 0 Å². The third kappa shape index (κ3) is 4.27. The van der Waals surface area contributed by atoms with Crippen molar-refractivity contribution < 1.29 is 13.9 Å². The molecule has 0 saturated heterocycles. The second kappa shape index (κ2) is 7.03. The summed E-state index contributed by atoms with van der Waals surface area (Å²) < 4.78 is 18.4. The Hall–Kier alpha value is -1.42. The molecule has 1 amide bonds. The van der Waals surface area contributed by atoms with Crippen LogP contribution in [0.1, 0.15) is 31.7 Å². The van der Waals surface area contributed by atoms with E-state index in [1.54, 1.807) is 19.2 Å². The molecule has 2 unspecified atom stereocenters. The van der Waals surface area contributed by atoms with Crippen molar-refractivity contribution in [1.29, 1.82) is 0 Å². The van der Waals surface area contributed by atoms with E-state index in [4.69, 9.17) is 4.74 Å². The lowest BCUT2D eigenvalue weighted by atomic mass is 10.1. The minimum absolute atomic E-state index is 0.00223. The molecule has 0 N–H and O–H groups in total. The second-order valence-electron chi connectivity index (χ2n) is 6.17. The van der Waals surface area contributed by atoms with Crippen LogP contribution in [0.4, 0.5) is 4.39 Å². The Labute approximate surface area is 126 Å². The van der Waals surface area contributed by atoms with Crippen LogP contribution >= 0.6 is 0 Å². The molecule has 0 aliphatic heterocycles. The van der Waals surface area contributed by atoms with Crippen molar-refractivity contribution in [2.24, 2.45) is 11.8 Å². The van der Waals surface area contributed by atoms with E-state index in [-0.39, 0.29) is 23.6 Å². The highest BCUT2D eigenvalue weighted by atomic mass is 19.1. The number of hydrogen-bond donors (Lipinski definition) is 0. The van der Waals surface area contributed by atoms with Crippen molar-refractivity contribution in [1.82, 2.24) is 4.90 Å². The van der Waals surface area contributed by atoms with E-state index in [2.05, 4.69) is 13.8 Å². The van der Waals surface area contributed by atoms with Gasteiger partial charge in [0.2, 0.25) is 5.91 Å². The van der Waals surface area contributed by atoms with Crippen LogP contribution in [0.15, 0.2) is 24.3 Å². The maximum atomic E-state index is 13.3. The summed E-state index contributed by atoms with van der Waals surface area (Å²) in [4.78, 5) is 14.5. The highest BCUT2D eigenvalue weighted by Gasteiger charge is 2.45. The molecule has 4 heteroatoms. The Morgan fingerprint density at radius 1 is 1.48 bits per heavy atom. The Balaban J connectivity index is 1.99. The summed E-state index contributed by atoms with van der Waals surface area (Å²) in [5, 5.41) is 0. The number of carbonyl (C=O) groups excluding carboxylic acids is 1. The molecule has 1 fully saturated rings. The van der Waals surface area contributed by atoms with Gasteiger partial charge in [0.1, 0.15) is 5.82 Å². The van der Waals surface area contributed by atoms with Crippen LogP contribution in [0.5, 0.6) is 0 Å². The van der Waals surface area contributed by atoms with Gasteiger partial charge in [0.15, 0.2) is 0 Å². The Bertz CT molecular complexity index is 489. The van der Waals surface area contributed by atoms with Gasteiger partial charge >= 0.3 is 0 Å². The van der Waals surface area contributed by atoms with Crippen LogP contribution in [0.25, 0.3) is 0 Å². The van der Waals surface area contributed by atoms with Crippen molar-refractivity contribution in [3.8, 4) is 0 Å². The van der Waals surface area contributed by atoms with E-state index < -0.39 is 0 Å². The number of hydrogen-bond acceptors (Lipinski definition) is 2. The normalized spacial score (nSPS) is 20.6. The average molecular weight is 293 g/mol. The zero-order valence-corrected chi connectivity index (χ0v) is 13.0. The first kappa shape index (κ1) is 16.0. The average Bonchev–Trinajstić information content (AvgIpc) is 3.22. The quantitative estimate of drug-likeness (QED) is 0.773. The highest BCUT2D eigenvalue weighted by molar-refractivity contribution is 5.83. The van der Waals surface area contributed by atoms with Gasteiger partial charge in [0, 0.05) is 26.1 Å². The number of ether oxygens (including phenoxy) is 1. The van der Waals surface area contributed by atoms with Gasteiger partial charge in [-0.25, -0.2) is 4.39 Å². The highest BCUT2D eigenvalue weighted by Crippen LogP contribution is 2.48. The lowest BCUT2D eigenvalue weighted by Crippen LogP contribution is -2.38. The molecule has 0 heterocycles. The molecule has 21 heavy (non-hydrogen) atoms. The minimum Gasteiger partial charge on any atom is -0.383 e. The minimum atomic E-state index is -0.232. The van der Waals surface area contributed by atoms with Gasteiger partial charge in [-0.2, -0.15) is 0 Å². The standard InChI is InChI=1S/C17H24FNO2/c1-12(2)11-19(7-8-21-3)17(20)16-10-15(16)13-5-4-6-14(18)9-13/h4-6,9,12,15-16H,7-8,10-11H2,1-3H3. The van der Waals surface area contributed by atoms with Gasteiger partial charge in [-0.3, -0.25) is 4.79 Å². The van der Waals surface area contributed by atoms with Gasteiger partial charge in [0.05, 0.1) is 6.61 Å². The molecule has 1 saturated carbocycles. The van der Waals surface area contributed by atoms with E-state index in [1.165, 1.54) is 6.07 Å². The third-order valence-corrected chi connectivity index (χ3v) is 3.85. The summed E-state index contributed by atoms with van der Waals surface area (Å²) in [5.74, 6) is 0.545. The fraction of sp³-hybridized carbons (Fsp3) is 0.588. The maximum Gasteiger partial charge on any atom is 0.226 e. The number of halogens is 1. The first-order valence-electron chi connectivity index (χ1n) is 7.56. The van der Waals surface area contributed by atoms with Crippen molar-refractivity contribution in [3.63, 3.8) is 0 Å². The van der Waals surface area contributed by atoms with Gasteiger partial charge < -0.3 is 9.64 Å². The zero-order chi connectivity index (χ0) is 15.4. The first-order valence-corrected chi connectivity index (χ1v) is 7.56. The van der Waals surface area contributed by atoms with Gasteiger partial charge in [-0.05, 0) is 36.0 Å². The molecule has 3 nitrogen and oxygen atoms in total. The summed E-state index contributed by atoms with van der Waals surface area (Å²) in [5.41, 5.74) is 0.935. The molecule has 1 aromatic carbocycles. The van der Waals surface area contributed by atoms with E-state index in [0.717, 1.165) is 18.5 Å². The fourth-order valence-electron chi connectivity index (χ4n) is 2.74. The van der Waals surface area contributed by atoms with E-state index in [9.17, 15) is 9.18 Å². The van der Waals surface area contributed by atoms with Gasteiger partial charge in [-0.15, -0.1) is 0 Å². The Kier molecular flexibility index (Phi) is 5.34. The third-order valence-electron chi connectivity index (χ3n) is 3.85. The summed E-state index contributed by atoms with van der Waals surface area (Å²) in [6.07, 6.45) is 0.823. The molecule has 1 aliphatic rings. The van der Waals surface area contributed by atoms with E-state index >= 15 is 0 Å². The summed E-state index contributed by atoms with van der Waals surface area (Å²) >= 11 is 0. The van der Waals surface area contributed by atoms with Crippen molar-refractivity contribution in [2.75, 3.05) is 26.8 Å². The number of benzene rings is 1. The predicted molar refractivity (Wildman–Crippen MR) is 80.5 cm³/mol. The van der Waals surface area contributed by atoms with E-state index in [0.29, 0.717) is 19.1 Å². The van der Waals surface area contributed by atoms with Crippen LogP contribution in [-0.4, -0.2) is 37.6 Å². The van der Waals surface area contributed by atoms with Gasteiger partial charge in [0.25, 0.3) is 0 Å². The van der Waals surface area contributed by atoms with Crippen LogP contribution in [0, 0.1) is 17.7 Å². The molecule has 1 aliphatic carbocycles. The molecular formula is C17H24FNO2. The molecule has 0 spiro atoms. The van der Waals surface area contributed by atoms with E-state index in [1.807, 2.05) is 11.0 Å². The zero-order valence-electron chi connectivity index (χ0n) is 13.0. The molecular weight excluding hydrogens is 269 g/mol. The number of methoxy groups -OCH3 is 1. The lowest BCUT2D eigenvalue weighted by Gasteiger charge is -2.24. The van der Waals surface area contributed by atoms with Gasteiger partial charge in [-0.1, -0.05) is 26.0 Å². The molecule has 116 valence electrons. The predicted octanol–water partition coefficient (Wildman–Crippen LogP) is 3.06. The van der Waals surface area contributed by atoms with Crippen molar-refractivity contribution in [3.05, 3.63) is 35.6 Å². The smallest absolute Gasteiger partial charge is 0.226 e. The molecule has 2 atom stereocenters. The lowest BCUT2D eigenvalue weighted by molar-refractivity contribution is -0.133. The Morgan fingerprint density at radius 3 is 2.86 bits per heavy atom. The SMILES string of the molecule is COCCN(CC(C)C)C(=O)C1CC1c1cccc(F)c1. The monoisotopic (exact) mass is 293 g/mol. The summed E-state index contributed by atoms with van der Waals surface area (Å²) in [6, 6.07) is 6.59. The van der Waals surface area contributed by atoms with Crippen molar-refractivity contribution in [2.45, 2.75) is 26.2 Å². The van der Waals surface area contributed by atoms with Crippen LogP contribution in [-0.2, 0) is 9.53 Å². The largest absolute Gasteiger partial charge is 0.383 e. The number of rotatable bonds is 7. The topological polar surface area (TPSA) is 29.5 Å². The Morgan fingerprint density at radius 2 is 2.24 bits per heavy atom. The molecule has 0 bridgehead atoms. The first-order chi connectivity index (χ1) is 10.0. The van der Waals surface area contributed by atoms with Crippen molar-refractivity contribution >= 4 is 5.91 Å². The number of carbonyl (C=O) groups is 1. The second-order valence-corrected chi connectivity index (χ2v) is 6.17. The van der Waals surface area contributed by atoms with Crippen LogP contribution in [0.3, 0.4) is 0 Å². The molecule has 0 aromatic heterocycles. The molecule has 0 radical (unpaired) electrons. The van der Waals surface area contributed by atoms with Crippen LogP contribution < -0.4 is 0 Å². The fourth-order valence-corrected chi connectivity index (χ4v) is 2.74. The maximum absolute atomic E-state index is 13.3. The summed E-state index contributed by atoms with van der Waals surface area (Å²) in [6.45, 7) is 6.12. The number of nitrogens with zero attached hydrogens (tertiary/aromatic N) is 1. The molecule has 2 rings (SSSR count). The summed E-state index contributed by atoms with van der Waals surface area (Å²) in [7, 11) is 1.64. The molecule has 1 aromatic rings. The number of amides is 1.